The highest BCUT2D eigenvalue weighted by Gasteiger charge is 2.25. The maximum absolute atomic E-state index is 13.8. The lowest BCUT2D eigenvalue weighted by Crippen LogP contribution is -2.27. The maximum Gasteiger partial charge on any atom is 0.144 e. The Balaban J connectivity index is 2.08. The molecule has 1 atom stereocenters. The Morgan fingerprint density at radius 1 is 1.00 bits per heavy atom. The molecule has 0 saturated carbocycles. The predicted octanol–water partition coefficient (Wildman–Crippen LogP) is 4.17. The average Bonchev–Trinajstić information content (AvgIpc) is 3.11. The monoisotopic (exact) mass is 330 g/mol. The van der Waals surface area contributed by atoms with Crippen molar-refractivity contribution in [3.8, 4) is 5.75 Å². The molecule has 1 aliphatic heterocycles. The molecule has 3 rings (SSSR count). The van der Waals surface area contributed by atoms with Gasteiger partial charge in [0.05, 0.1) is 17.7 Å². The van der Waals surface area contributed by atoms with Gasteiger partial charge in [-0.15, -0.1) is 0 Å². The number of aryl methyl sites for hydroxylation is 1. The molecule has 0 spiro atoms. The number of hydrogen-bond acceptors (Lipinski definition) is 3. The van der Waals surface area contributed by atoms with E-state index in [1.165, 1.54) is 0 Å². The summed E-state index contributed by atoms with van der Waals surface area (Å²) in [6.07, 6.45) is 2.14. The quantitative estimate of drug-likeness (QED) is 0.844. The number of methoxy groups -OCH3 is 1. The van der Waals surface area contributed by atoms with Crippen LogP contribution in [0.3, 0.4) is 0 Å². The van der Waals surface area contributed by atoms with Crippen molar-refractivity contribution in [3.05, 3.63) is 54.1 Å². The van der Waals surface area contributed by atoms with E-state index in [0.29, 0.717) is 5.69 Å². The lowest BCUT2D eigenvalue weighted by Gasteiger charge is -2.21. The van der Waals surface area contributed by atoms with Gasteiger partial charge in [-0.1, -0.05) is 17.7 Å². The van der Waals surface area contributed by atoms with Gasteiger partial charge in [-0.2, -0.15) is 4.36 Å². The van der Waals surface area contributed by atoms with E-state index in [9.17, 15) is 4.21 Å². The molecule has 4 nitrogen and oxygen atoms in total. The van der Waals surface area contributed by atoms with Crippen molar-refractivity contribution in [1.82, 2.24) is 4.31 Å². The van der Waals surface area contributed by atoms with Crippen LogP contribution in [-0.4, -0.2) is 28.7 Å². The van der Waals surface area contributed by atoms with Crippen LogP contribution in [0.25, 0.3) is 0 Å². The van der Waals surface area contributed by atoms with Crippen LogP contribution >= 0.6 is 0 Å². The van der Waals surface area contributed by atoms with Gasteiger partial charge in [-0.3, -0.25) is 0 Å². The molecule has 122 valence electrons. The van der Waals surface area contributed by atoms with E-state index < -0.39 is 9.92 Å². The molecule has 0 bridgehead atoms. The van der Waals surface area contributed by atoms with Gasteiger partial charge in [0.1, 0.15) is 15.7 Å². The Labute approximate surface area is 138 Å². The number of rotatable bonds is 4. The maximum atomic E-state index is 13.8. The van der Waals surface area contributed by atoms with Crippen molar-refractivity contribution < 1.29 is 8.95 Å². The molecule has 2 aromatic rings. The first-order chi connectivity index (χ1) is 11.1. The Morgan fingerprint density at radius 2 is 1.61 bits per heavy atom. The second kappa shape index (κ2) is 6.72. The number of hydrogen-bond donors (Lipinski definition) is 0. The highest BCUT2D eigenvalue weighted by Crippen LogP contribution is 2.28. The molecule has 5 heteroatoms. The van der Waals surface area contributed by atoms with E-state index in [1.807, 2.05) is 59.8 Å². The first-order valence-corrected chi connectivity index (χ1v) is 9.32. The normalized spacial score (nSPS) is 17.7. The summed E-state index contributed by atoms with van der Waals surface area (Å²) in [5, 5.41) is 0. The Hall–Kier alpha value is -1.85. The van der Waals surface area contributed by atoms with E-state index in [4.69, 9.17) is 4.74 Å². The largest absolute Gasteiger partial charge is 0.497 e. The van der Waals surface area contributed by atoms with Crippen molar-refractivity contribution in [1.29, 1.82) is 0 Å². The van der Waals surface area contributed by atoms with E-state index in [0.717, 1.165) is 42.1 Å². The summed E-state index contributed by atoms with van der Waals surface area (Å²) in [4.78, 5) is 0.779. The fraction of sp³-hybridized carbons (Fsp3) is 0.333. The van der Waals surface area contributed by atoms with Crippen LogP contribution in [0.1, 0.15) is 18.4 Å². The van der Waals surface area contributed by atoms with E-state index >= 15 is 0 Å². The van der Waals surface area contributed by atoms with Gasteiger partial charge in [-0.05, 0) is 56.2 Å². The summed E-state index contributed by atoms with van der Waals surface area (Å²) < 4.78 is 25.6. The van der Waals surface area contributed by atoms with Crippen LogP contribution in [0.15, 0.2) is 57.8 Å². The van der Waals surface area contributed by atoms with E-state index in [-0.39, 0.29) is 0 Å². The average molecular weight is 330 g/mol. The summed E-state index contributed by atoms with van der Waals surface area (Å²) in [7, 11) is -0.987. The minimum Gasteiger partial charge on any atom is -0.497 e. The van der Waals surface area contributed by atoms with Gasteiger partial charge in [0, 0.05) is 13.1 Å². The van der Waals surface area contributed by atoms with Gasteiger partial charge in [0.15, 0.2) is 0 Å². The van der Waals surface area contributed by atoms with E-state index in [2.05, 4.69) is 4.36 Å². The second-order valence-electron chi connectivity index (χ2n) is 5.74. The Morgan fingerprint density at radius 3 is 2.17 bits per heavy atom. The van der Waals surface area contributed by atoms with Crippen molar-refractivity contribution in [3.63, 3.8) is 0 Å². The summed E-state index contributed by atoms with van der Waals surface area (Å²) >= 11 is 0. The summed E-state index contributed by atoms with van der Waals surface area (Å²) in [6, 6.07) is 15.2. The standard InChI is InChI=1S/C18H22N2O2S/c1-15-5-11-18(12-6-15)23(21,20-13-3-4-14-20)19-16-7-9-17(22-2)10-8-16/h5-12H,3-4,13-14H2,1-2H3. The molecule has 1 heterocycles. The molecule has 1 unspecified atom stereocenters. The molecule has 23 heavy (non-hydrogen) atoms. The van der Waals surface area contributed by atoms with Gasteiger partial charge < -0.3 is 4.74 Å². The molecule has 0 amide bonds. The Kier molecular flexibility index (Phi) is 4.68. The lowest BCUT2D eigenvalue weighted by atomic mass is 10.2. The smallest absolute Gasteiger partial charge is 0.144 e. The predicted molar refractivity (Wildman–Crippen MR) is 93.5 cm³/mol. The SMILES string of the molecule is COc1ccc(N=S(=O)(c2ccc(C)cc2)N2CCCC2)cc1. The van der Waals surface area contributed by atoms with Crippen LogP contribution in [-0.2, 0) is 9.92 Å². The van der Waals surface area contributed by atoms with E-state index in [1.54, 1.807) is 7.11 Å². The van der Waals surface area contributed by atoms with Crippen LogP contribution in [0, 0.1) is 6.92 Å². The Bertz CT molecular complexity index is 770. The fourth-order valence-corrected chi connectivity index (χ4v) is 4.87. The molecule has 1 aliphatic rings. The van der Waals surface area contributed by atoms with Gasteiger partial charge >= 0.3 is 0 Å². The lowest BCUT2D eigenvalue weighted by molar-refractivity contribution is 0.415. The minimum absolute atomic E-state index is 0.711. The molecule has 1 fully saturated rings. The van der Waals surface area contributed by atoms with Crippen LogP contribution < -0.4 is 4.74 Å². The van der Waals surface area contributed by atoms with Crippen molar-refractivity contribution in [2.24, 2.45) is 4.36 Å². The zero-order chi connectivity index (χ0) is 16.3. The van der Waals surface area contributed by atoms with Crippen LogP contribution in [0.2, 0.25) is 0 Å². The van der Waals surface area contributed by atoms with Crippen molar-refractivity contribution >= 4 is 15.6 Å². The summed E-state index contributed by atoms with van der Waals surface area (Å²) in [5.41, 5.74) is 1.87. The van der Waals surface area contributed by atoms with Gasteiger partial charge in [-0.25, -0.2) is 8.51 Å². The highest BCUT2D eigenvalue weighted by molar-refractivity contribution is 7.91. The number of benzene rings is 2. The highest BCUT2D eigenvalue weighted by atomic mass is 32.2. The van der Waals surface area contributed by atoms with Gasteiger partial charge in [0.25, 0.3) is 0 Å². The molecule has 0 N–H and O–H groups in total. The van der Waals surface area contributed by atoms with Gasteiger partial charge in [0.2, 0.25) is 0 Å². The number of nitrogens with zero attached hydrogens (tertiary/aromatic N) is 2. The third kappa shape index (κ3) is 3.41. The molecular formula is C18H22N2O2S. The van der Waals surface area contributed by atoms with Crippen LogP contribution in [0.4, 0.5) is 5.69 Å². The molecule has 0 aromatic heterocycles. The third-order valence-corrected chi connectivity index (χ3v) is 6.45. The molecule has 0 aliphatic carbocycles. The van der Waals surface area contributed by atoms with Crippen LogP contribution in [0.5, 0.6) is 5.75 Å². The summed E-state index contributed by atoms with van der Waals surface area (Å²) in [6.45, 7) is 3.68. The first kappa shape index (κ1) is 16.0. The third-order valence-electron chi connectivity index (χ3n) is 4.04. The van der Waals surface area contributed by atoms with Crippen molar-refractivity contribution in [2.45, 2.75) is 24.7 Å². The topological polar surface area (TPSA) is 41.9 Å². The molecule has 2 aromatic carbocycles. The molecule has 0 radical (unpaired) electrons. The summed E-state index contributed by atoms with van der Waals surface area (Å²) in [5.74, 6) is 0.770. The zero-order valence-corrected chi connectivity index (χ0v) is 14.4. The second-order valence-corrected chi connectivity index (χ2v) is 7.90. The van der Waals surface area contributed by atoms with Crippen molar-refractivity contribution in [2.75, 3.05) is 20.2 Å². The molecule has 1 saturated heterocycles. The molecular weight excluding hydrogens is 308 g/mol. The zero-order valence-electron chi connectivity index (χ0n) is 13.6. The first-order valence-electron chi connectivity index (χ1n) is 7.85. The minimum atomic E-state index is -2.62. The number of ether oxygens (including phenoxy) is 1. The fourth-order valence-electron chi connectivity index (χ4n) is 2.70.